The molecule has 0 radical (unpaired) electrons. The van der Waals surface area contributed by atoms with Crippen LogP contribution in [0, 0.1) is 18.8 Å². The van der Waals surface area contributed by atoms with Gasteiger partial charge < -0.3 is 10.2 Å². The number of nitrogens with one attached hydrogen (secondary N) is 1. The first-order valence-electron chi connectivity index (χ1n) is 7.95. The molecule has 1 N–H and O–H groups in total. The minimum absolute atomic E-state index is 0.0587. The summed E-state index contributed by atoms with van der Waals surface area (Å²) < 4.78 is 0. The third-order valence-electron chi connectivity index (χ3n) is 4.43. The largest absolute Gasteiger partial charge is 0.382 e. The molecule has 1 amide bonds. The van der Waals surface area contributed by atoms with Gasteiger partial charge in [-0.2, -0.15) is 0 Å². The average Bonchev–Trinajstić information content (AvgIpc) is 2.39. The van der Waals surface area contributed by atoms with Crippen LogP contribution >= 0.6 is 0 Å². The first-order chi connectivity index (χ1) is 9.86. The van der Waals surface area contributed by atoms with E-state index in [2.05, 4.69) is 26.1 Å². The van der Waals surface area contributed by atoms with Crippen molar-refractivity contribution >= 4 is 11.6 Å². The Morgan fingerprint density at radius 2 is 1.76 bits per heavy atom. The number of rotatable bonds is 3. The summed E-state index contributed by atoms with van der Waals surface area (Å²) in [7, 11) is 3.58. The summed E-state index contributed by atoms with van der Waals surface area (Å²) >= 11 is 0. The lowest BCUT2D eigenvalue weighted by Crippen LogP contribution is -2.30. The van der Waals surface area contributed by atoms with Gasteiger partial charge in [-0.05, 0) is 55.7 Å². The molecule has 1 aromatic rings. The number of hydrogen-bond donors (Lipinski definition) is 1. The van der Waals surface area contributed by atoms with Gasteiger partial charge in [-0.25, -0.2) is 0 Å². The lowest BCUT2D eigenvalue weighted by Gasteiger charge is -2.33. The Kier molecular flexibility index (Phi) is 4.92. The Morgan fingerprint density at radius 3 is 2.33 bits per heavy atom. The lowest BCUT2D eigenvalue weighted by molar-refractivity contribution is 0.0827. The summed E-state index contributed by atoms with van der Waals surface area (Å²) in [5.74, 6) is 1.61. The monoisotopic (exact) mass is 288 g/mol. The number of carbonyl (C=O) groups is 1. The van der Waals surface area contributed by atoms with Crippen LogP contribution in [0.4, 0.5) is 5.69 Å². The van der Waals surface area contributed by atoms with Gasteiger partial charge in [-0.1, -0.05) is 19.9 Å². The van der Waals surface area contributed by atoms with Crippen LogP contribution in [0.15, 0.2) is 18.2 Å². The molecule has 3 heteroatoms. The summed E-state index contributed by atoms with van der Waals surface area (Å²) in [6, 6.07) is 6.47. The highest BCUT2D eigenvalue weighted by Gasteiger charge is 2.24. The number of benzene rings is 1. The van der Waals surface area contributed by atoms with Gasteiger partial charge in [0.15, 0.2) is 0 Å². The fraction of sp³-hybridized carbons (Fsp3) is 0.611. The van der Waals surface area contributed by atoms with Crippen LogP contribution in [-0.4, -0.2) is 30.9 Å². The fourth-order valence-electron chi connectivity index (χ4n) is 3.45. The van der Waals surface area contributed by atoms with Gasteiger partial charge in [-0.15, -0.1) is 0 Å². The van der Waals surface area contributed by atoms with Crippen LogP contribution in [0.1, 0.15) is 49.0 Å². The topological polar surface area (TPSA) is 32.3 Å². The summed E-state index contributed by atoms with van der Waals surface area (Å²) in [6.07, 6.45) is 3.77. The van der Waals surface area contributed by atoms with Gasteiger partial charge in [0.05, 0.1) is 0 Å². The highest BCUT2D eigenvalue weighted by Crippen LogP contribution is 2.31. The van der Waals surface area contributed by atoms with Gasteiger partial charge in [0, 0.05) is 31.4 Å². The molecule has 1 fully saturated rings. The minimum Gasteiger partial charge on any atom is -0.382 e. The summed E-state index contributed by atoms with van der Waals surface area (Å²) in [5, 5.41) is 3.67. The Labute approximate surface area is 128 Å². The quantitative estimate of drug-likeness (QED) is 0.914. The first kappa shape index (κ1) is 15.9. The van der Waals surface area contributed by atoms with E-state index >= 15 is 0 Å². The van der Waals surface area contributed by atoms with Crippen molar-refractivity contribution < 1.29 is 4.79 Å². The van der Waals surface area contributed by atoms with Crippen molar-refractivity contribution in [2.45, 2.75) is 46.1 Å². The van der Waals surface area contributed by atoms with Gasteiger partial charge in [0.25, 0.3) is 5.91 Å². The van der Waals surface area contributed by atoms with Crippen LogP contribution in [0.3, 0.4) is 0 Å². The second kappa shape index (κ2) is 6.50. The molecular weight excluding hydrogens is 260 g/mol. The van der Waals surface area contributed by atoms with E-state index in [1.807, 2.05) is 18.2 Å². The maximum atomic E-state index is 12.1. The number of aryl methyl sites for hydroxylation is 1. The molecule has 2 atom stereocenters. The van der Waals surface area contributed by atoms with E-state index in [0.29, 0.717) is 6.04 Å². The van der Waals surface area contributed by atoms with Gasteiger partial charge >= 0.3 is 0 Å². The van der Waals surface area contributed by atoms with E-state index in [9.17, 15) is 4.79 Å². The number of nitrogens with zero attached hydrogens (tertiary/aromatic N) is 1. The van der Waals surface area contributed by atoms with Crippen molar-refractivity contribution in [1.29, 1.82) is 0 Å². The number of anilines is 1. The molecule has 1 aliphatic rings. The molecule has 3 nitrogen and oxygen atoms in total. The zero-order valence-electron chi connectivity index (χ0n) is 13.9. The van der Waals surface area contributed by atoms with E-state index in [4.69, 9.17) is 0 Å². The van der Waals surface area contributed by atoms with Crippen LogP contribution in [0.2, 0.25) is 0 Å². The van der Waals surface area contributed by atoms with Crippen LogP contribution in [0.25, 0.3) is 0 Å². The van der Waals surface area contributed by atoms with Crippen molar-refractivity contribution in [2.24, 2.45) is 11.8 Å². The second-order valence-corrected chi connectivity index (χ2v) is 6.99. The molecule has 0 spiro atoms. The molecule has 0 aliphatic heterocycles. The second-order valence-electron chi connectivity index (χ2n) is 6.99. The number of hydrogen-bond acceptors (Lipinski definition) is 2. The maximum Gasteiger partial charge on any atom is 0.253 e. The van der Waals surface area contributed by atoms with Crippen molar-refractivity contribution in [3.8, 4) is 0 Å². The summed E-state index contributed by atoms with van der Waals surface area (Å²) in [6.45, 7) is 6.77. The van der Waals surface area contributed by atoms with Crippen molar-refractivity contribution in [2.75, 3.05) is 19.4 Å². The van der Waals surface area contributed by atoms with Crippen molar-refractivity contribution in [3.63, 3.8) is 0 Å². The molecule has 0 aromatic heterocycles. The summed E-state index contributed by atoms with van der Waals surface area (Å²) in [4.78, 5) is 13.7. The Morgan fingerprint density at radius 1 is 1.14 bits per heavy atom. The predicted molar refractivity (Wildman–Crippen MR) is 88.8 cm³/mol. The third kappa shape index (κ3) is 3.99. The summed E-state index contributed by atoms with van der Waals surface area (Å²) in [5.41, 5.74) is 3.06. The van der Waals surface area contributed by atoms with E-state index in [1.165, 1.54) is 24.8 Å². The molecule has 0 saturated heterocycles. The zero-order chi connectivity index (χ0) is 15.6. The van der Waals surface area contributed by atoms with Gasteiger partial charge in [0.2, 0.25) is 0 Å². The number of amides is 1. The van der Waals surface area contributed by atoms with E-state index < -0.39 is 0 Å². The maximum absolute atomic E-state index is 12.1. The third-order valence-corrected chi connectivity index (χ3v) is 4.43. The standard InChI is InChI=1S/C18H28N2O/c1-12-8-13(2)10-16(9-12)19-17-11-15(7-6-14(17)3)18(21)20(4)5/h6-7,11-13,16,19H,8-10H2,1-5H3. The molecule has 0 bridgehead atoms. The molecule has 2 rings (SSSR count). The molecule has 1 aromatic carbocycles. The number of carbonyl (C=O) groups excluding carboxylic acids is 1. The van der Waals surface area contributed by atoms with Gasteiger partial charge in [-0.3, -0.25) is 4.79 Å². The van der Waals surface area contributed by atoms with Gasteiger partial charge in [0.1, 0.15) is 0 Å². The normalized spacial score (nSPS) is 25.5. The lowest BCUT2D eigenvalue weighted by atomic mass is 9.80. The zero-order valence-corrected chi connectivity index (χ0v) is 13.9. The molecule has 116 valence electrons. The van der Waals surface area contributed by atoms with E-state index in [-0.39, 0.29) is 5.91 Å². The van der Waals surface area contributed by atoms with Crippen molar-refractivity contribution in [3.05, 3.63) is 29.3 Å². The van der Waals surface area contributed by atoms with Crippen LogP contribution < -0.4 is 5.32 Å². The predicted octanol–water partition coefficient (Wildman–Crippen LogP) is 3.93. The fourth-order valence-corrected chi connectivity index (χ4v) is 3.45. The van der Waals surface area contributed by atoms with E-state index in [1.54, 1.807) is 19.0 Å². The molecule has 1 aliphatic carbocycles. The van der Waals surface area contributed by atoms with Crippen LogP contribution in [-0.2, 0) is 0 Å². The van der Waals surface area contributed by atoms with E-state index in [0.717, 1.165) is 23.1 Å². The minimum atomic E-state index is 0.0587. The molecular formula is C18H28N2O. The Hall–Kier alpha value is -1.51. The SMILES string of the molecule is Cc1ccc(C(=O)N(C)C)cc1NC1CC(C)CC(C)C1. The van der Waals surface area contributed by atoms with Crippen molar-refractivity contribution in [1.82, 2.24) is 4.90 Å². The highest BCUT2D eigenvalue weighted by atomic mass is 16.2. The Bertz CT molecular complexity index is 500. The molecule has 21 heavy (non-hydrogen) atoms. The molecule has 1 saturated carbocycles. The molecule has 2 unspecified atom stereocenters. The smallest absolute Gasteiger partial charge is 0.253 e. The Balaban J connectivity index is 2.15. The van der Waals surface area contributed by atoms with Crippen LogP contribution in [0.5, 0.6) is 0 Å². The highest BCUT2D eigenvalue weighted by molar-refractivity contribution is 5.95. The molecule has 0 heterocycles. The average molecular weight is 288 g/mol. The first-order valence-corrected chi connectivity index (χ1v) is 7.95.